The Bertz CT molecular complexity index is 1160. The maximum Gasteiger partial charge on any atom is 0.226 e. The standard InChI is InChI=1S/C20H20FN7O/c1-12-9-28-17(8-23-19(28)5-15(12)21)16-3-4-22-20(26-16)27-10-13(2)29-18(11-27)14-6-24-25-7-14/h3-9,13,18H,10-11H2,1-2H3,(H,24,25)/t13-,18-/m1/s1. The van der Waals surface area contributed by atoms with Crippen molar-refractivity contribution in [2.75, 3.05) is 18.0 Å². The second kappa shape index (κ2) is 6.93. The second-order valence-corrected chi connectivity index (χ2v) is 7.29. The molecule has 2 atom stereocenters. The number of fused-ring (bicyclic) bond motifs is 1. The highest BCUT2D eigenvalue weighted by molar-refractivity contribution is 5.61. The molecule has 1 fully saturated rings. The van der Waals surface area contributed by atoms with Crippen molar-refractivity contribution in [2.24, 2.45) is 0 Å². The molecule has 4 aromatic rings. The Labute approximate surface area is 166 Å². The van der Waals surface area contributed by atoms with Gasteiger partial charge in [-0.15, -0.1) is 0 Å². The van der Waals surface area contributed by atoms with Gasteiger partial charge in [0.1, 0.15) is 17.6 Å². The van der Waals surface area contributed by atoms with Crippen molar-refractivity contribution in [3.63, 3.8) is 0 Å². The summed E-state index contributed by atoms with van der Waals surface area (Å²) in [4.78, 5) is 15.7. The summed E-state index contributed by atoms with van der Waals surface area (Å²) in [5, 5.41) is 6.85. The van der Waals surface area contributed by atoms with Gasteiger partial charge in [0.05, 0.1) is 36.4 Å². The summed E-state index contributed by atoms with van der Waals surface area (Å²) in [5.41, 5.74) is 3.61. The van der Waals surface area contributed by atoms with Crippen LogP contribution >= 0.6 is 0 Å². The van der Waals surface area contributed by atoms with E-state index < -0.39 is 0 Å². The number of imidazole rings is 1. The first-order valence-corrected chi connectivity index (χ1v) is 9.44. The molecule has 0 amide bonds. The Morgan fingerprint density at radius 1 is 1.24 bits per heavy atom. The van der Waals surface area contributed by atoms with E-state index in [1.165, 1.54) is 6.07 Å². The normalized spacial score (nSPS) is 19.8. The van der Waals surface area contributed by atoms with Crippen molar-refractivity contribution in [3.05, 3.63) is 60.1 Å². The van der Waals surface area contributed by atoms with Crippen molar-refractivity contribution in [1.82, 2.24) is 29.5 Å². The van der Waals surface area contributed by atoms with Gasteiger partial charge in [0.15, 0.2) is 0 Å². The molecule has 0 unspecified atom stereocenters. The highest BCUT2D eigenvalue weighted by Crippen LogP contribution is 2.28. The van der Waals surface area contributed by atoms with Gasteiger partial charge in [-0.25, -0.2) is 19.3 Å². The van der Waals surface area contributed by atoms with Crippen LogP contribution < -0.4 is 4.90 Å². The molecule has 8 nitrogen and oxygen atoms in total. The van der Waals surface area contributed by atoms with Crippen molar-refractivity contribution in [2.45, 2.75) is 26.1 Å². The van der Waals surface area contributed by atoms with Crippen LogP contribution in [0.25, 0.3) is 17.0 Å². The van der Waals surface area contributed by atoms with Gasteiger partial charge in [0.2, 0.25) is 5.95 Å². The number of pyridine rings is 1. The fourth-order valence-corrected chi connectivity index (χ4v) is 3.67. The number of H-pyrrole nitrogens is 1. The fraction of sp³-hybridized carbons (Fsp3) is 0.300. The lowest BCUT2D eigenvalue weighted by molar-refractivity contribution is -0.0178. The van der Waals surface area contributed by atoms with Crippen LogP contribution in [0.1, 0.15) is 24.2 Å². The number of aryl methyl sites for hydroxylation is 1. The summed E-state index contributed by atoms with van der Waals surface area (Å²) in [6.07, 6.45) is 8.72. The Balaban J connectivity index is 1.49. The van der Waals surface area contributed by atoms with Crippen LogP contribution in [0, 0.1) is 12.7 Å². The molecule has 4 aromatic heterocycles. The smallest absolute Gasteiger partial charge is 0.226 e. The second-order valence-electron chi connectivity index (χ2n) is 7.29. The number of hydrogen-bond donors (Lipinski definition) is 1. The van der Waals surface area contributed by atoms with Gasteiger partial charge in [0, 0.05) is 42.3 Å². The quantitative estimate of drug-likeness (QED) is 0.576. The third-order valence-corrected chi connectivity index (χ3v) is 5.12. The number of ether oxygens (including phenoxy) is 1. The van der Waals surface area contributed by atoms with Crippen LogP contribution in [-0.4, -0.2) is 48.7 Å². The number of nitrogens with one attached hydrogen (secondary N) is 1. The predicted octanol–water partition coefficient (Wildman–Crippen LogP) is 2.93. The fourth-order valence-electron chi connectivity index (χ4n) is 3.67. The zero-order chi connectivity index (χ0) is 20.0. The topological polar surface area (TPSA) is 84.2 Å². The number of anilines is 1. The third-order valence-electron chi connectivity index (χ3n) is 5.12. The van der Waals surface area contributed by atoms with Crippen LogP contribution in [0.4, 0.5) is 10.3 Å². The minimum atomic E-state index is -0.273. The highest BCUT2D eigenvalue weighted by atomic mass is 19.1. The SMILES string of the molecule is Cc1cn2c(-c3ccnc(N4C[C@@H](C)O[C@@H](c5cn[nH]c5)C4)n3)cnc2cc1F. The maximum atomic E-state index is 13.9. The highest BCUT2D eigenvalue weighted by Gasteiger charge is 2.28. The minimum absolute atomic E-state index is 0.0253. The lowest BCUT2D eigenvalue weighted by Gasteiger charge is -2.36. The van der Waals surface area contributed by atoms with Gasteiger partial charge in [0.25, 0.3) is 0 Å². The maximum absolute atomic E-state index is 13.9. The van der Waals surface area contributed by atoms with E-state index in [0.717, 1.165) is 17.0 Å². The molecular weight excluding hydrogens is 373 g/mol. The molecule has 1 aliphatic heterocycles. The lowest BCUT2D eigenvalue weighted by atomic mass is 10.1. The Kier molecular flexibility index (Phi) is 4.24. The van der Waals surface area contributed by atoms with Crippen LogP contribution in [-0.2, 0) is 4.74 Å². The molecular formula is C20H20FN7O. The zero-order valence-corrected chi connectivity index (χ0v) is 16.1. The minimum Gasteiger partial charge on any atom is -0.367 e. The van der Waals surface area contributed by atoms with Gasteiger partial charge >= 0.3 is 0 Å². The Hall–Kier alpha value is -3.33. The van der Waals surface area contributed by atoms with Crippen molar-refractivity contribution in [3.8, 4) is 11.4 Å². The Morgan fingerprint density at radius 3 is 2.97 bits per heavy atom. The monoisotopic (exact) mass is 393 g/mol. The molecule has 29 heavy (non-hydrogen) atoms. The van der Waals surface area contributed by atoms with Gasteiger partial charge < -0.3 is 9.64 Å². The molecule has 0 saturated carbocycles. The molecule has 0 aromatic carbocycles. The van der Waals surface area contributed by atoms with Crippen LogP contribution in [0.5, 0.6) is 0 Å². The predicted molar refractivity (Wildman–Crippen MR) is 105 cm³/mol. The number of morpholine rings is 1. The molecule has 1 N–H and O–H groups in total. The lowest BCUT2D eigenvalue weighted by Crippen LogP contribution is -2.43. The average Bonchev–Trinajstić information content (AvgIpc) is 3.38. The van der Waals surface area contributed by atoms with E-state index in [4.69, 9.17) is 9.72 Å². The summed E-state index contributed by atoms with van der Waals surface area (Å²) in [6, 6.07) is 3.27. The number of nitrogens with zero attached hydrogens (tertiary/aromatic N) is 6. The summed E-state index contributed by atoms with van der Waals surface area (Å²) in [5.74, 6) is 0.352. The van der Waals surface area contributed by atoms with Crippen molar-refractivity contribution >= 4 is 11.6 Å². The van der Waals surface area contributed by atoms with Crippen molar-refractivity contribution < 1.29 is 9.13 Å². The van der Waals surface area contributed by atoms with Gasteiger partial charge in [-0.05, 0) is 19.9 Å². The molecule has 1 aliphatic rings. The van der Waals surface area contributed by atoms with E-state index >= 15 is 0 Å². The number of aromatic nitrogens is 6. The number of aromatic amines is 1. The first-order valence-electron chi connectivity index (χ1n) is 9.44. The van der Waals surface area contributed by atoms with Gasteiger partial charge in [-0.2, -0.15) is 5.10 Å². The van der Waals surface area contributed by atoms with E-state index in [0.29, 0.717) is 30.2 Å². The molecule has 9 heteroatoms. The molecule has 0 aliphatic carbocycles. The van der Waals surface area contributed by atoms with Crippen LogP contribution in [0.2, 0.25) is 0 Å². The number of rotatable bonds is 3. The van der Waals surface area contributed by atoms with Crippen molar-refractivity contribution in [1.29, 1.82) is 0 Å². The van der Waals surface area contributed by atoms with E-state index in [2.05, 4.69) is 25.1 Å². The van der Waals surface area contributed by atoms with Crippen LogP contribution in [0.15, 0.2) is 43.1 Å². The first kappa shape index (κ1) is 17.7. The van der Waals surface area contributed by atoms with E-state index in [-0.39, 0.29) is 18.0 Å². The molecule has 0 bridgehead atoms. The summed E-state index contributed by atoms with van der Waals surface area (Å²) in [6.45, 7) is 5.08. The number of halogens is 1. The molecule has 5 heterocycles. The van der Waals surface area contributed by atoms with Gasteiger partial charge in [-0.3, -0.25) is 9.50 Å². The summed E-state index contributed by atoms with van der Waals surface area (Å²) < 4.78 is 21.8. The van der Waals surface area contributed by atoms with Gasteiger partial charge in [-0.1, -0.05) is 0 Å². The third kappa shape index (κ3) is 3.23. The molecule has 0 spiro atoms. The largest absolute Gasteiger partial charge is 0.367 e. The number of hydrogen-bond acceptors (Lipinski definition) is 6. The molecule has 0 radical (unpaired) electrons. The Morgan fingerprint density at radius 2 is 2.14 bits per heavy atom. The summed E-state index contributed by atoms with van der Waals surface area (Å²) >= 11 is 0. The zero-order valence-electron chi connectivity index (χ0n) is 16.1. The molecule has 1 saturated heterocycles. The van der Waals surface area contributed by atoms with E-state index in [1.807, 2.05) is 23.6 Å². The van der Waals surface area contributed by atoms with Crippen LogP contribution in [0.3, 0.4) is 0 Å². The molecule has 148 valence electrons. The summed E-state index contributed by atoms with van der Waals surface area (Å²) in [7, 11) is 0. The van der Waals surface area contributed by atoms with E-state index in [9.17, 15) is 4.39 Å². The molecule has 5 rings (SSSR count). The first-order chi connectivity index (χ1) is 14.1. The van der Waals surface area contributed by atoms with E-state index in [1.54, 1.807) is 31.7 Å². The average molecular weight is 393 g/mol.